The van der Waals surface area contributed by atoms with E-state index in [2.05, 4.69) is 64.7 Å². The summed E-state index contributed by atoms with van der Waals surface area (Å²) in [5.74, 6) is 1.86. The summed E-state index contributed by atoms with van der Waals surface area (Å²) in [5.41, 5.74) is 1.41. The van der Waals surface area contributed by atoms with Crippen molar-refractivity contribution in [2.24, 2.45) is 10.9 Å². The first-order valence-corrected chi connectivity index (χ1v) is 11.2. The molecule has 1 aromatic carbocycles. The Balaban J connectivity index is 1.39. The van der Waals surface area contributed by atoms with Gasteiger partial charge in [-0.3, -0.25) is 9.89 Å². The highest BCUT2D eigenvalue weighted by Crippen LogP contribution is 2.19. The molecule has 0 saturated carbocycles. The summed E-state index contributed by atoms with van der Waals surface area (Å²) in [7, 11) is 2.23. The number of nitrogens with zero attached hydrogens (tertiary/aromatic N) is 3. The van der Waals surface area contributed by atoms with Crippen LogP contribution in [-0.2, 0) is 6.54 Å². The Hall–Kier alpha value is -1.59. The van der Waals surface area contributed by atoms with Crippen molar-refractivity contribution in [1.29, 1.82) is 0 Å². The minimum atomic E-state index is 0.535. The van der Waals surface area contributed by atoms with Crippen LogP contribution in [0.25, 0.3) is 0 Å². The van der Waals surface area contributed by atoms with Crippen molar-refractivity contribution in [2.75, 3.05) is 46.3 Å². The second kappa shape index (κ2) is 11.4. The van der Waals surface area contributed by atoms with Crippen LogP contribution in [0.4, 0.5) is 0 Å². The summed E-state index contributed by atoms with van der Waals surface area (Å²) >= 11 is 0. The van der Waals surface area contributed by atoms with E-state index in [9.17, 15) is 0 Å². The second-order valence-corrected chi connectivity index (χ2v) is 8.48. The van der Waals surface area contributed by atoms with E-state index in [1.165, 1.54) is 50.8 Å². The fourth-order valence-corrected chi connectivity index (χ4v) is 4.30. The molecular weight excluding hydrogens is 346 g/mol. The number of guanidine groups is 1. The third kappa shape index (κ3) is 7.10. The maximum atomic E-state index is 4.87. The van der Waals surface area contributed by atoms with Gasteiger partial charge in [-0.25, -0.2) is 0 Å². The summed E-state index contributed by atoms with van der Waals surface area (Å²) in [6.07, 6.45) is 6.25. The zero-order valence-electron chi connectivity index (χ0n) is 17.9. The first-order valence-electron chi connectivity index (χ1n) is 11.2. The number of rotatable bonds is 7. The third-order valence-corrected chi connectivity index (χ3v) is 6.17. The van der Waals surface area contributed by atoms with Crippen LogP contribution in [0.15, 0.2) is 35.3 Å². The lowest BCUT2D eigenvalue weighted by atomic mass is 9.94. The van der Waals surface area contributed by atoms with Gasteiger partial charge in [-0.2, -0.15) is 0 Å². The quantitative estimate of drug-likeness (QED) is 0.559. The average Bonchev–Trinajstić information content (AvgIpc) is 2.72. The number of nitrogens with one attached hydrogen (secondary N) is 2. The Labute approximate surface area is 171 Å². The summed E-state index contributed by atoms with van der Waals surface area (Å²) in [6.45, 7) is 9.88. The first-order chi connectivity index (χ1) is 13.7. The van der Waals surface area contributed by atoms with Crippen LogP contribution < -0.4 is 10.6 Å². The predicted molar refractivity (Wildman–Crippen MR) is 119 cm³/mol. The monoisotopic (exact) mass is 385 g/mol. The van der Waals surface area contributed by atoms with Gasteiger partial charge in [-0.15, -0.1) is 0 Å². The van der Waals surface area contributed by atoms with Crippen molar-refractivity contribution >= 4 is 5.96 Å². The van der Waals surface area contributed by atoms with Gasteiger partial charge >= 0.3 is 0 Å². The Bertz CT molecular complexity index is 572. The standard InChI is InChI=1S/C23H39N5/c1-3-24-23(25-14-9-20-10-15-27(2)16-11-20)26-22-12-17-28(18-13-22)19-21-7-5-4-6-8-21/h4-8,20,22H,3,9-19H2,1-2H3,(H2,24,25,26). The van der Waals surface area contributed by atoms with E-state index >= 15 is 0 Å². The average molecular weight is 386 g/mol. The predicted octanol–water partition coefficient (Wildman–Crippen LogP) is 2.94. The van der Waals surface area contributed by atoms with E-state index in [1.807, 2.05) is 0 Å². The molecule has 0 atom stereocenters. The highest BCUT2D eigenvalue weighted by atomic mass is 15.2. The van der Waals surface area contributed by atoms with E-state index in [0.29, 0.717) is 6.04 Å². The zero-order valence-corrected chi connectivity index (χ0v) is 17.9. The van der Waals surface area contributed by atoms with Crippen LogP contribution in [0.2, 0.25) is 0 Å². The summed E-state index contributed by atoms with van der Waals surface area (Å²) in [4.78, 5) is 9.88. The van der Waals surface area contributed by atoms with Gasteiger partial charge in [0.1, 0.15) is 0 Å². The maximum absolute atomic E-state index is 4.87. The number of benzene rings is 1. The largest absolute Gasteiger partial charge is 0.357 e. The minimum absolute atomic E-state index is 0.535. The van der Waals surface area contributed by atoms with E-state index in [4.69, 9.17) is 4.99 Å². The Morgan fingerprint density at radius 3 is 2.43 bits per heavy atom. The molecular formula is C23H39N5. The van der Waals surface area contributed by atoms with Gasteiger partial charge in [0.15, 0.2) is 5.96 Å². The molecule has 2 saturated heterocycles. The molecule has 2 heterocycles. The van der Waals surface area contributed by atoms with Crippen LogP contribution in [0.3, 0.4) is 0 Å². The highest BCUT2D eigenvalue weighted by molar-refractivity contribution is 5.80. The molecule has 0 radical (unpaired) electrons. The van der Waals surface area contributed by atoms with Crippen LogP contribution in [0.1, 0.15) is 44.6 Å². The zero-order chi connectivity index (χ0) is 19.6. The van der Waals surface area contributed by atoms with Gasteiger partial charge in [0, 0.05) is 38.8 Å². The smallest absolute Gasteiger partial charge is 0.191 e. The van der Waals surface area contributed by atoms with E-state index < -0.39 is 0 Å². The summed E-state index contributed by atoms with van der Waals surface area (Å²) in [5, 5.41) is 7.13. The molecule has 2 N–H and O–H groups in total. The van der Waals surface area contributed by atoms with Crippen molar-refractivity contribution in [3.05, 3.63) is 35.9 Å². The molecule has 28 heavy (non-hydrogen) atoms. The Morgan fingerprint density at radius 1 is 1.04 bits per heavy atom. The van der Waals surface area contributed by atoms with Gasteiger partial charge in [-0.05, 0) is 70.6 Å². The van der Waals surface area contributed by atoms with Crippen molar-refractivity contribution in [2.45, 2.75) is 51.6 Å². The number of hydrogen-bond donors (Lipinski definition) is 2. The molecule has 0 spiro atoms. The molecule has 2 aliphatic heterocycles. The molecule has 0 bridgehead atoms. The Morgan fingerprint density at radius 2 is 1.75 bits per heavy atom. The number of aliphatic imine (C=N–C) groups is 1. The van der Waals surface area contributed by atoms with Crippen LogP contribution >= 0.6 is 0 Å². The topological polar surface area (TPSA) is 42.9 Å². The van der Waals surface area contributed by atoms with Gasteiger partial charge < -0.3 is 15.5 Å². The number of likely N-dealkylation sites (tertiary alicyclic amines) is 2. The van der Waals surface area contributed by atoms with E-state index in [0.717, 1.165) is 44.6 Å². The summed E-state index contributed by atoms with van der Waals surface area (Å²) in [6, 6.07) is 11.3. The van der Waals surface area contributed by atoms with Gasteiger partial charge in [0.05, 0.1) is 0 Å². The number of hydrogen-bond acceptors (Lipinski definition) is 3. The van der Waals surface area contributed by atoms with Crippen molar-refractivity contribution in [3.8, 4) is 0 Å². The second-order valence-electron chi connectivity index (χ2n) is 8.48. The van der Waals surface area contributed by atoms with Crippen LogP contribution in [0.5, 0.6) is 0 Å². The molecule has 2 fully saturated rings. The van der Waals surface area contributed by atoms with Crippen LogP contribution in [-0.4, -0.2) is 68.1 Å². The molecule has 5 heteroatoms. The Kier molecular flexibility index (Phi) is 8.62. The highest BCUT2D eigenvalue weighted by Gasteiger charge is 2.20. The van der Waals surface area contributed by atoms with E-state index in [1.54, 1.807) is 0 Å². The fraction of sp³-hybridized carbons (Fsp3) is 0.696. The molecule has 1 aromatic rings. The minimum Gasteiger partial charge on any atom is -0.357 e. The molecule has 0 amide bonds. The molecule has 0 aromatic heterocycles. The molecule has 3 rings (SSSR count). The van der Waals surface area contributed by atoms with Crippen molar-refractivity contribution < 1.29 is 0 Å². The summed E-state index contributed by atoms with van der Waals surface area (Å²) < 4.78 is 0. The van der Waals surface area contributed by atoms with Crippen molar-refractivity contribution in [1.82, 2.24) is 20.4 Å². The molecule has 0 aliphatic carbocycles. The maximum Gasteiger partial charge on any atom is 0.191 e. The normalized spacial score (nSPS) is 21.0. The van der Waals surface area contributed by atoms with Crippen LogP contribution in [0, 0.1) is 5.92 Å². The van der Waals surface area contributed by atoms with Gasteiger partial charge in [-0.1, -0.05) is 30.3 Å². The van der Waals surface area contributed by atoms with E-state index in [-0.39, 0.29) is 0 Å². The SMILES string of the molecule is CCNC(=NCCC1CCN(C)CC1)NC1CCN(Cc2ccccc2)CC1. The number of piperidine rings is 2. The molecule has 5 nitrogen and oxygen atoms in total. The van der Waals surface area contributed by atoms with Crippen molar-refractivity contribution in [3.63, 3.8) is 0 Å². The molecule has 0 unspecified atom stereocenters. The lowest BCUT2D eigenvalue weighted by molar-refractivity contribution is 0.198. The lowest BCUT2D eigenvalue weighted by Gasteiger charge is -2.33. The molecule has 2 aliphatic rings. The molecule has 156 valence electrons. The van der Waals surface area contributed by atoms with Gasteiger partial charge in [0.25, 0.3) is 0 Å². The lowest BCUT2D eigenvalue weighted by Crippen LogP contribution is -2.48. The third-order valence-electron chi connectivity index (χ3n) is 6.17. The fourth-order valence-electron chi connectivity index (χ4n) is 4.30. The first kappa shape index (κ1) is 21.1. The van der Waals surface area contributed by atoms with Gasteiger partial charge in [0.2, 0.25) is 0 Å².